The molecule has 0 saturated heterocycles. The van der Waals surface area contributed by atoms with Crippen molar-refractivity contribution in [1.82, 2.24) is 0 Å². The fraction of sp³-hybridized carbons (Fsp3) is 0.387. The summed E-state index contributed by atoms with van der Waals surface area (Å²) < 4.78 is 21.1. The van der Waals surface area contributed by atoms with Gasteiger partial charge in [-0.05, 0) is 54.0 Å². The lowest BCUT2D eigenvalue weighted by Crippen LogP contribution is -2.58. The molecule has 14 heteroatoms. The number of benzene rings is 2. The molecule has 0 unspecified atom stereocenters. The van der Waals surface area contributed by atoms with Gasteiger partial charge in [-0.1, -0.05) is 12.1 Å². The Balaban J connectivity index is 1.72. The molecular weight excluding hydrogens is 596 g/mol. The van der Waals surface area contributed by atoms with Crippen molar-refractivity contribution in [3.63, 3.8) is 0 Å². The summed E-state index contributed by atoms with van der Waals surface area (Å²) >= 11 is 0. The molecule has 14 nitrogen and oxygen atoms in total. The summed E-state index contributed by atoms with van der Waals surface area (Å²) in [6.45, 7) is 0.373. The zero-order valence-corrected chi connectivity index (χ0v) is 24.2. The van der Waals surface area contributed by atoms with Crippen LogP contribution in [0, 0.1) is 0 Å². The standard InChI is InChI=1S/C31H36O14/c32-11-1-12-42-13-2-14-43-30(40)31(41)17-25(44-27(37)9-5-19-3-7-21(33)23(35)15-19)29(39)26(18-31)45-28(38)10-6-20-4-8-22(34)24(36)16-20/h3-10,15-16,25-26,29,32-36,39,41H,1-2,11-14,17-18H2/b9-5+,10-6+/t25-,26-,29-,31+/m1/s1. The lowest BCUT2D eigenvalue weighted by Gasteiger charge is -2.41. The molecule has 1 aliphatic carbocycles. The summed E-state index contributed by atoms with van der Waals surface area (Å²) in [6.07, 6.45) is -0.750. The number of ether oxygens (including phenoxy) is 4. The predicted octanol–water partition coefficient (Wildman–Crippen LogP) is 1.28. The van der Waals surface area contributed by atoms with E-state index < -0.39 is 66.2 Å². The van der Waals surface area contributed by atoms with Crippen molar-refractivity contribution in [3.05, 3.63) is 59.7 Å². The average Bonchev–Trinajstić information content (AvgIpc) is 3.00. The van der Waals surface area contributed by atoms with Crippen LogP contribution in [0.2, 0.25) is 0 Å². The Labute approximate surface area is 258 Å². The van der Waals surface area contributed by atoms with Gasteiger partial charge in [-0.3, -0.25) is 0 Å². The van der Waals surface area contributed by atoms with Gasteiger partial charge < -0.3 is 54.7 Å². The van der Waals surface area contributed by atoms with Gasteiger partial charge in [-0.15, -0.1) is 0 Å². The highest BCUT2D eigenvalue weighted by molar-refractivity contribution is 5.88. The Kier molecular flexibility index (Phi) is 12.7. The number of hydrogen-bond donors (Lipinski definition) is 7. The third-order valence-electron chi connectivity index (χ3n) is 6.69. The molecule has 0 spiro atoms. The molecule has 2 aromatic carbocycles. The Morgan fingerprint density at radius 2 is 1.24 bits per heavy atom. The summed E-state index contributed by atoms with van der Waals surface area (Å²) in [7, 11) is 0. The van der Waals surface area contributed by atoms with Gasteiger partial charge >= 0.3 is 17.9 Å². The fourth-order valence-corrected chi connectivity index (χ4v) is 4.34. The van der Waals surface area contributed by atoms with Crippen molar-refractivity contribution in [2.24, 2.45) is 0 Å². The number of phenols is 4. The van der Waals surface area contributed by atoms with Gasteiger partial charge in [0, 0.05) is 51.2 Å². The van der Waals surface area contributed by atoms with Crippen LogP contribution < -0.4 is 0 Å². The van der Waals surface area contributed by atoms with Crippen molar-refractivity contribution in [2.75, 3.05) is 26.4 Å². The van der Waals surface area contributed by atoms with Crippen molar-refractivity contribution >= 4 is 30.1 Å². The normalized spacial score (nSPS) is 21.5. The zero-order chi connectivity index (χ0) is 33.0. The van der Waals surface area contributed by atoms with Gasteiger partial charge in [0.25, 0.3) is 0 Å². The van der Waals surface area contributed by atoms with Gasteiger partial charge in [0.15, 0.2) is 28.6 Å². The Morgan fingerprint density at radius 1 is 0.756 bits per heavy atom. The second kappa shape index (κ2) is 16.4. The Bertz CT molecular complexity index is 1300. The summed E-state index contributed by atoms with van der Waals surface area (Å²) in [5.74, 6) is -4.67. The fourth-order valence-electron chi connectivity index (χ4n) is 4.34. The molecule has 0 aromatic heterocycles. The number of rotatable bonds is 14. The van der Waals surface area contributed by atoms with Crippen LogP contribution in [0.25, 0.3) is 12.2 Å². The quantitative estimate of drug-likeness (QED) is 0.0512. The van der Waals surface area contributed by atoms with E-state index in [1.165, 1.54) is 48.6 Å². The molecule has 0 bridgehead atoms. The van der Waals surface area contributed by atoms with E-state index >= 15 is 0 Å². The first-order valence-corrected chi connectivity index (χ1v) is 14.0. The minimum Gasteiger partial charge on any atom is -0.504 e. The number of hydrogen-bond acceptors (Lipinski definition) is 14. The van der Waals surface area contributed by atoms with E-state index in [2.05, 4.69) is 0 Å². The van der Waals surface area contributed by atoms with Gasteiger partial charge in [-0.25, -0.2) is 14.4 Å². The number of aromatic hydroxyl groups is 4. The van der Waals surface area contributed by atoms with Crippen molar-refractivity contribution in [2.45, 2.75) is 49.6 Å². The molecule has 7 N–H and O–H groups in total. The van der Waals surface area contributed by atoms with Crippen LogP contribution in [-0.4, -0.2) is 104 Å². The summed E-state index contributed by atoms with van der Waals surface area (Å²) in [5.41, 5.74) is -1.67. The second-order valence-electron chi connectivity index (χ2n) is 10.2. The SMILES string of the molecule is O=C(/C=C/c1ccc(O)c(O)c1)O[C@@H]1C[C@](O)(C(=O)OCCCOCCCO)C[C@@H](OC(=O)/C=C/c2ccc(O)c(O)c2)[C@H]1O. The first-order valence-electron chi connectivity index (χ1n) is 14.0. The van der Waals surface area contributed by atoms with Crippen LogP contribution in [0.4, 0.5) is 0 Å². The van der Waals surface area contributed by atoms with Gasteiger partial charge in [0.2, 0.25) is 0 Å². The number of esters is 3. The van der Waals surface area contributed by atoms with Crippen LogP contribution in [0.15, 0.2) is 48.6 Å². The van der Waals surface area contributed by atoms with Crippen molar-refractivity contribution < 1.29 is 69.1 Å². The molecule has 0 aliphatic heterocycles. The minimum absolute atomic E-state index is 0.0300. The first kappa shape index (κ1) is 34.9. The molecule has 3 rings (SSSR count). The molecule has 0 heterocycles. The number of aliphatic hydroxyl groups is 3. The van der Waals surface area contributed by atoms with Crippen LogP contribution in [0.1, 0.15) is 36.8 Å². The maximum absolute atomic E-state index is 12.9. The molecule has 0 radical (unpaired) electrons. The van der Waals surface area contributed by atoms with Crippen LogP contribution >= 0.6 is 0 Å². The van der Waals surface area contributed by atoms with E-state index in [9.17, 15) is 45.0 Å². The largest absolute Gasteiger partial charge is 0.504 e. The molecule has 244 valence electrons. The Morgan fingerprint density at radius 3 is 1.71 bits per heavy atom. The van der Waals surface area contributed by atoms with E-state index in [4.69, 9.17) is 24.1 Å². The van der Waals surface area contributed by atoms with E-state index in [1.807, 2.05) is 0 Å². The molecule has 45 heavy (non-hydrogen) atoms. The molecule has 0 amide bonds. The highest BCUT2D eigenvalue weighted by atomic mass is 16.6. The topological polar surface area (TPSA) is 230 Å². The second-order valence-corrected chi connectivity index (χ2v) is 10.2. The number of aliphatic hydroxyl groups excluding tert-OH is 2. The van der Waals surface area contributed by atoms with Crippen molar-refractivity contribution in [3.8, 4) is 23.0 Å². The highest BCUT2D eigenvalue weighted by Gasteiger charge is 2.53. The lowest BCUT2D eigenvalue weighted by molar-refractivity contribution is -0.206. The predicted molar refractivity (Wildman–Crippen MR) is 156 cm³/mol. The van der Waals surface area contributed by atoms with Crippen molar-refractivity contribution in [1.29, 1.82) is 0 Å². The van der Waals surface area contributed by atoms with Gasteiger partial charge in [0.05, 0.1) is 6.61 Å². The lowest BCUT2D eigenvalue weighted by atomic mass is 9.79. The molecule has 1 aliphatic rings. The third kappa shape index (κ3) is 10.5. The van der Waals surface area contributed by atoms with E-state index in [0.29, 0.717) is 24.2 Å². The molecule has 1 saturated carbocycles. The average molecular weight is 633 g/mol. The first-order chi connectivity index (χ1) is 21.4. The zero-order valence-electron chi connectivity index (χ0n) is 24.2. The maximum Gasteiger partial charge on any atom is 0.338 e. The molecule has 2 atom stereocenters. The number of carbonyl (C=O) groups excluding carboxylic acids is 3. The minimum atomic E-state index is -2.33. The van der Waals surface area contributed by atoms with E-state index in [0.717, 1.165) is 12.2 Å². The third-order valence-corrected chi connectivity index (χ3v) is 6.69. The summed E-state index contributed by atoms with van der Waals surface area (Å²) in [6, 6.07) is 7.59. The number of carbonyl (C=O) groups is 3. The molecule has 1 fully saturated rings. The number of phenolic OH excluding ortho intramolecular Hbond substituents is 4. The van der Waals surface area contributed by atoms with Gasteiger partial charge in [0.1, 0.15) is 18.3 Å². The maximum atomic E-state index is 12.9. The van der Waals surface area contributed by atoms with Gasteiger partial charge in [-0.2, -0.15) is 0 Å². The summed E-state index contributed by atoms with van der Waals surface area (Å²) in [5, 5.41) is 69.1. The van der Waals surface area contributed by atoms with E-state index in [-0.39, 0.29) is 37.7 Å². The molecular formula is C31H36O14. The van der Waals surface area contributed by atoms with Crippen LogP contribution in [-0.2, 0) is 33.3 Å². The highest BCUT2D eigenvalue weighted by Crippen LogP contribution is 2.34. The van der Waals surface area contributed by atoms with Crippen LogP contribution in [0.5, 0.6) is 23.0 Å². The van der Waals surface area contributed by atoms with Crippen LogP contribution in [0.3, 0.4) is 0 Å². The Hall–Kier alpha value is -4.63. The molecule has 2 aromatic rings. The van der Waals surface area contributed by atoms with E-state index in [1.54, 1.807) is 0 Å². The summed E-state index contributed by atoms with van der Waals surface area (Å²) in [4.78, 5) is 38.1. The monoisotopic (exact) mass is 632 g/mol. The smallest absolute Gasteiger partial charge is 0.338 e.